The predicted octanol–water partition coefficient (Wildman–Crippen LogP) is 1.96. The van der Waals surface area contributed by atoms with Crippen LogP contribution in [0.15, 0.2) is 53.5 Å². The molecule has 2 heterocycles. The lowest BCUT2D eigenvalue weighted by Gasteiger charge is -2.16. The molecule has 12 nitrogen and oxygen atoms in total. The molecule has 1 fully saturated rings. The molecule has 1 aliphatic carbocycles. The summed E-state index contributed by atoms with van der Waals surface area (Å²) in [6.07, 6.45) is 5.39. The first kappa shape index (κ1) is 25.5. The molecule has 0 spiro atoms. The number of ether oxygens (including phenoxy) is 1. The molecule has 6 N–H and O–H groups in total. The number of fused-ring (bicyclic) bond motifs is 1. The topological polar surface area (TPSA) is 181 Å². The minimum atomic E-state index is -1.39. The van der Waals surface area contributed by atoms with Gasteiger partial charge in [-0.05, 0) is 61.9 Å². The second kappa shape index (κ2) is 11.4. The molecular formula is C25H28N6O6. The normalized spacial score (nSPS) is 13.9. The fourth-order valence-electron chi connectivity index (χ4n) is 3.76. The number of hydrogen-bond donors (Lipinski definition) is 5. The Morgan fingerprint density at radius 1 is 1.27 bits per heavy atom. The lowest BCUT2D eigenvalue weighted by molar-refractivity contribution is -0.118. The van der Waals surface area contributed by atoms with Crippen LogP contribution < -0.4 is 26.7 Å². The van der Waals surface area contributed by atoms with Crippen LogP contribution in [0.25, 0.3) is 11.0 Å². The van der Waals surface area contributed by atoms with Crippen LogP contribution in [0.1, 0.15) is 31.5 Å². The third-order valence-electron chi connectivity index (χ3n) is 5.82. The van der Waals surface area contributed by atoms with E-state index in [1.807, 2.05) is 18.2 Å². The summed E-state index contributed by atoms with van der Waals surface area (Å²) in [6.45, 7) is 0.780. The van der Waals surface area contributed by atoms with Crippen LogP contribution >= 0.6 is 0 Å². The summed E-state index contributed by atoms with van der Waals surface area (Å²) in [6, 6.07) is 7.48. The third-order valence-corrected chi connectivity index (χ3v) is 5.82. The molecule has 1 saturated carbocycles. The molecule has 1 unspecified atom stereocenters. The van der Waals surface area contributed by atoms with Gasteiger partial charge in [-0.1, -0.05) is 12.1 Å². The van der Waals surface area contributed by atoms with E-state index in [-0.39, 0.29) is 25.1 Å². The van der Waals surface area contributed by atoms with Gasteiger partial charge in [-0.15, -0.1) is 0 Å². The number of hydrogen-bond acceptors (Lipinski definition) is 6. The van der Waals surface area contributed by atoms with E-state index >= 15 is 0 Å². The van der Waals surface area contributed by atoms with E-state index < -0.39 is 29.5 Å². The molecule has 1 atom stereocenters. The van der Waals surface area contributed by atoms with Crippen LogP contribution in [0, 0.1) is 5.92 Å². The number of nitrogens with two attached hydrogens (primary N) is 1. The Hall–Kier alpha value is -4.61. The van der Waals surface area contributed by atoms with Crippen molar-refractivity contribution in [1.82, 2.24) is 19.9 Å². The van der Waals surface area contributed by atoms with Gasteiger partial charge in [-0.2, -0.15) is 0 Å². The first-order chi connectivity index (χ1) is 17.8. The highest BCUT2D eigenvalue weighted by molar-refractivity contribution is 5.96. The fourth-order valence-corrected chi connectivity index (χ4v) is 3.76. The Kier molecular flexibility index (Phi) is 7.86. The Morgan fingerprint density at radius 2 is 2.08 bits per heavy atom. The SMILES string of the molecule is NC(=O)/C=C/CCC(NC(=O)O)C(=O)Nc1cccn(Cc2nc3cccc(OCC4CC4)c3[nH]2)c1=O. The fraction of sp³-hybridized carbons (Fsp3) is 0.320. The quantitative estimate of drug-likeness (QED) is 0.232. The lowest BCUT2D eigenvalue weighted by atomic mass is 10.1. The predicted molar refractivity (Wildman–Crippen MR) is 135 cm³/mol. The first-order valence-corrected chi connectivity index (χ1v) is 11.9. The zero-order valence-electron chi connectivity index (χ0n) is 20.0. The number of nitrogens with zero attached hydrogens (tertiary/aromatic N) is 2. The number of anilines is 1. The zero-order valence-corrected chi connectivity index (χ0v) is 20.0. The number of primary amides is 1. The number of carbonyl (C=O) groups is 3. The third kappa shape index (κ3) is 6.97. The molecule has 3 aromatic rings. The van der Waals surface area contributed by atoms with E-state index in [0.717, 1.165) is 11.6 Å². The van der Waals surface area contributed by atoms with Gasteiger partial charge in [0.1, 0.15) is 28.8 Å². The Morgan fingerprint density at radius 3 is 2.81 bits per heavy atom. The maximum atomic E-state index is 13.0. The molecular weight excluding hydrogens is 480 g/mol. The van der Waals surface area contributed by atoms with Crippen molar-refractivity contribution in [3.63, 3.8) is 0 Å². The van der Waals surface area contributed by atoms with Crippen LogP contribution in [0.4, 0.5) is 10.5 Å². The van der Waals surface area contributed by atoms with Gasteiger partial charge < -0.3 is 35.8 Å². The number of amides is 3. The van der Waals surface area contributed by atoms with Crippen LogP contribution in [0.5, 0.6) is 5.75 Å². The Bertz CT molecular complexity index is 1390. The number of H-pyrrole nitrogens is 1. The summed E-state index contributed by atoms with van der Waals surface area (Å²) in [5, 5.41) is 13.7. The standard InChI is InChI=1S/C25H28N6O6/c26-20(32)9-2-1-5-17(29-25(35)36)23(33)28-18-7-4-12-31(24(18)34)13-21-27-16-6-3-8-19(22(16)30-21)37-14-15-10-11-15/h2-4,6-9,12,15,17,29H,1,5,10-11,13-14H2,(H2,26,32)(H,27,30)(H,28,33)(H,35,36)/b9-2+. The molecule has 37 heavy (non-hydrogen) atoms. The number of rotatable bonds is 12. The molecule has 0 bridgehead atoms. The lowest BCUT2D eigenvalue weighted by Crippen LogP contribution is -2.44. The summed E-state index contributed by atoms with van der Waals surface area (Å²) in [5.41, 5.74) is 6.00. The number of pyridine rings is 1. The van der Waals surface area contributed by atoms with Crippen molar-refractivity contribution >= 4 is 34.6 Å². The number of imidazole rings is 1. The highest BCUT2D eigenvalue weighted by atomic mass is 16.5. The molecule has 194 valence electrons. The molecule has 2 aromatic heterocycles. The molecule has 1 aromatic carbocycles. The van der Waals surface area contributed by atoms with E-state index in [0.29, 0.717) is 29.6 Å². The highest BCUT2D eigenvalue weighted by Gasteiger charge is 2.23. The monoisotopic (exact) mass is 508 g/mol. The maximum absolute atomic E-state index is 13.0. The minimum absolute atomic E-state index is 0.0121. The molecule has 0 aliphatic heterocycles. The van der Waals surface area contributed by atoms with Crippen molar-refractivity contribution in [3.8, 4) is 5.75 Å². The number of para-hydroxylation sites is 1. The molecule has 0 radical (unpaired) electrons. The zero-order chi connectivity index (χ0) is 26.4. The Labute approximate surface area is 211 Å². The average molecular weight is 509 g/mol. The molecule has 3 amide bonds. The summed E-state index contributed by atoms with van der Waals surface area (Å²) in [4.78, 5) is 55.5. The number of aromatic nitrogens is 3. The first-order valence-electron chi connectivity index (χ1n) is 11.9. The second-order valence-corrected chi connectivity index (χ2v) is 8.82. The van der Waals surface area contributed by atoms with Gasteiger partial charge >= 0.3 is 6.09 Å². The van der Waals surface area contributed by atoms with Gasteiger partial charge in [0.05, 0.1) is 18.7 Å². The van der Waals surface area contributed by atoms with Crippen molar-refractivity contribution in [1.29, 1.82) is 0 Å². The van der Waals surface area contributed by atoms with E-state index in [4.69, 9.17) is 15.6 Å². The van der Waals surface area contributed by atoms with Gasteiger partial charge in [-0.25, -0.2) is 9.78 Å². The summed E-state index contributed by atoms with van der Waals surface area (Å²) >= 11 is 0. The van der Waals surface area contributed by atoms with E-state index in [2.05, 4.69) is 20.6 Å². The molecule has 12 heteroatoms. The van der Waals surface area contributed by atoms with Crippen molar-refractivity contribution < 1.29 is 24.2 Å². The van der Waals surface area contributed by atoms with E-state index in [1.165, 1.54) is 29.6 Å². The second-order valence-electron chi connectivity index (χ2n) is 8.82. The number of benzene rings is 1. The molecule has 0 saturated heterocycles. The molecule has 4 rings (SSSR count). The van der Waals surface area contributed by atoms with Crippen LogP contribution in [0.3, 0.4) is 0 Å². The highest BCUT2D eigenvalue weighted by Crippen LogP contribution is 2.31. The van der Waals surface area contributed by atoms with Gasteiger partial charge in [-0.3, -0.25) is 14.4 Å². The summed E-state index contributed by atoms with van der Waals surface area (Å²) in [7, 11) is 0. The molecule has 1 aliphatic rings. The maximum Gasteiger partial charge on any atom is 0.405 e. The van der Waals surface area contributed by atoms with Crippen LogP contribution in [-0.4, -0.2) is 50.2 Å². The summed E-state index contributed by atoms with van der Waals surface area (Å²) in [5.74, 6) is 0.495. The van der Waals surface area contributed by atoms with E-state index in [1.54, 1.807) is 12.3 Å². The van der Waals surface area contributed by atoms with Gasteiger partial charge in [0, 0.05) is 6.20 Å². The number of carboxylic acid groups (broad SMARTS) is 1. The van der Waals surface area contributed by atoms with Crippen molar-refractivity contribution in [2.24, 2.45) is 11.7 Å². The Balaban J connectivity index is 1.47. The van der Waals surface area contributed by atoms with Crippen LogP contribution in [0.2, 0.25) is 0 Å². The van der Waals surface area contributed by atoms with E-state index in [9.17, 15) is 19.2 Å². The number of carbonyl (C=O) groups excluding carboxylic acids is 2. The smallest absolute Gasteiger partial charge is 0.405 e. The average Bonchev–Trinajstić information content (AvgIpc) is 3.59. The van der Waals surface area contributed by atoms with Crippen molar-refractivity contribution in [2.75, 3.05) is 11.9 Å². The largest absolute Gasteiger partial charge is 0.491 e. The number of allylic oxidation sites excluding steroid dienone is 1. The number of nitrogens with one attached hydrogen (secondary N) is 3. The summed E-state index contributed by atoms with van der Waals surface area (Å²) < 4.78 is 7.31. The van der Waals surface area contributed by atoms with Crippen molar-refractivity contribution in [3.05, 3.63) is 64.9 Å². The van der Waals surface area contributed by atoms with Gasteiger partial charge in [0.25, 0.3) is 5.56 Å². The van der Waals surface area contributed by atoms with Crippen molar-refractivity contribution in [2.45, 2.75) is 38.3 Å². The van der Waals surface area contributed by atoms with Gasteiger partial charge in [0.15, 0.2) is 0 Å². The van der Waals surface area contributed by atoms with Crippen LogP contribution in [-0.2, 0) is 16.1 Å². The number of aromatic amines is 1. The minimum Gasteiger partial charge on any atom is -0.491 e. The van der Waals surface area contributed by atoms with Gasteiger partial charge in [0.2, 0.25) is 11.8 Å².